The van der Waals surface area contributed by atoms with Gasteiger partial charge in [-0.3, -0.25) is 4.79 Å². The molecule has 2 aromatic rings. The van der Waals surface area contributed by atoms with Gasteiger partial charge in [-0.1, -0.05) is 23.2 Å². The van der Waals surface area contributed by atoms with Crippen LogP contribution in [0.2, 0.25) is 10.0 Å². The van der Waals surface area contributed by atoms with Gasteiger partial charge in [0.05, 0.1) is 16.5 Å². The van der Waals surface area contributed by atoms with E-state index in [4.69, 9.17) is 23.2 Å². The van der Waals surface area contributed by atoms with Crippen molar-refractivity contribution in [3.05, 3.63) is 57.8 Å². The Morgan fingerprint density at radius 3 is 2.52 bits per heavy atom. The highest BCUT2D eigenvalue weighted by atomic mass is 35.5. The molecule has 1 fully saturated rings. The minimum absolute atomic E-state index is 0.0260. The number of alkyl halides is 3. The van der Waals surface area contributed by atoms with Crippen molar-refractivity contribution in [1.29, 1.82) is 0 Å². The second-order valence-electron chi connectivity index (χ2n) is 6.96. The summed E-state index contributed by atoms with van der Waals surface area (Å²) in [6.45, 7) is -0.0476. The highest BCUT2D eigenvalue weighted by molar-refractivity contribution is 7.89. The molecule has 2 aromatic carbocycles. The molecule has 0 saturated carbocycles. The van der Waals surface area contributed by atoms with Gasteiger partial charge in [-0.2, -0.15) is 17.5 Å². The lowest BCUT2D eigenvalue weighted by molar-refractivity contribution is -0.140. The molecule has 1 heterocycles. The van der Waals surface area contributed by atoms with Crippen LogP contribution >= 0.6 is 23.2 Å². The van der Waals surface area contributed by atoms with E-state index in [0.717, 1.165) is 10.4 Å². The van der Waals surface area contributed by atoms with Crippen LogP contribution in [-0.2, 0) is 21.0 Å². The summed E-state index contributed by atoms with van der Waals surface area (Å²) in [6.07, 6.45) is -4.24. The highest BCUT2D eigenvalue weighted by Crippen LogP contribution is 2.34. The minimum atomic E-state index is -4.92. The number of anilines is 1. The third-order valence-electron chi connectivity index (χ3n) is 4.81. The number of rotatable bonds is 4. The lowest BCUT2D eigenvalue weighted by Gasteiger charge is -2.31. The van der Waals surface area contributed by atoms with Crippen LogP contribution in [0.5, 0.6) is 0 Å². The molecule has 0 bridgehead atoms. The van der Waals surface area contributed by atoms with Crippen LogP contribution in [0.1, 0.15) is 18.4 Å². The Morgan fingerprint density at radius 1 is 1.13 bits per heavy atom. The largest absolute Gasteiger partial charge is 0.419 e. The van der Waals surface area contributed by atoms with Gasteiger partial charge in [-0.15, -0.1) is 0 Å². The second kappa shape index (κ2) is 8.93. The molecule has 0 aliphatic carbocycles. The molecule has 168 valence electrons. The van der Waals surface area contributed by atoms with E-state index < -0.39 is 39.4 Å². The standard InChI is InChI=1S/C19H16Cl2F4N2O3S/c20-12-3-5-15(21)17(8-12)31(29,30)27-7-1-2-11(10-27)18(28)26-13-4-6-16(22)14(9-13)19(23,24)25/h3-6,8-9,11H,1-2,7,10H2,(H,26,28). The number of nitrogens with one attached hydrogen (secondary N) is 1. The Morgan fingerprint density at radius 2 is 1.84 bits per heavy atom. The molecular weight excluding hydrogens is 483 g/mol. The van der Waals surface area contributed by atoms with E-state index in [9.17, 15) is 30.8 Å². The molecule has 0 aromatic heterocycles. The Labute approximate surface area is 186 Å². The molecule has 1 aliphatic heterocycles. The molecule has 5 nitrogen and oxygen atoms in total. The first-order valence-electron chi connectivity index (χ1n) is 9.02. The molecule has 0 spiro atoms. The quantitative estimate of drug-likeness (QED) is 0.589. The molecule has 12 heteroatoms. The van der Waals surface area contributed by atoms with Gasteiger partial charge in [-0.05, 0) is 49.2 Å². The third kappa shape index (κ3) is 5.31. The maximum absolute atomic E-state index is 13.4. The van der Waals surface area contributed by atoms with Crippen LogP contribution in [0, 0.1) is 11.7 Å². The zero-order valence-corrected chi connectivity index (χ0v) is 18.0. The third-order valence-corrected chi connectivity index (χ3v) is 7.39. The average molecular weight is 499 g/mol. The first-order valence-corrected chi connectivity index (χ1v) is 11.2. The highest BCUT2D eigenvalue weighted by Gasteiger charge is 2.36. The SMILES string of the molecule is O=C(Nc1ccc(F)c(C(F)(F)F)c1)C1CCCN(S(=O)(=O)c2cc(Cl)ccc2Cl)C1. The van der Waals surface area contributed by atoms with Crippen molar-refractivity contribution in [2.75, 3.05) is 18.4 Å². The van der Waals surface area contributed by atoms with E-state index in [1.165, 1.54) is 18.2 Å². The number of carbonyl (C=O) groups is 1. The average Bonchev–Trinajstić information content (AvgIpc) is 2.70. The van der Waals surface area contributed by atoms with Crippen LogP contribution in [-0.4, -0.2) is 31.7 Å². The molecule has 3 rings (SSSR count). The summed E-state index contributed by atoms with van der Waals surface area (Å²) < 4.78 is 79.1. The molecule has 1 saturated heterocycles. The van der Waals surface area contributed by atoms with E-state index in [-0.39, 0.29) is 33.7 Å². The number of halogens is 6. The first-order chi connectivity index (χ1) is 14.4. The van der Waals surface area contributed by atoms with Gasteiger partial charge in [0.2, 0.25) is 15.9 Å². The summed E-state index contributed by atoms with van der Waals surface area (Å²) in [6, 6.07) is 6.10. The number of carbonyl (C=O) groups excluding carboxylic acids is 1. The second-order valence-corrected chi connectivity index (χ2v) is 9.71. The molecular formula is C19H16Cl2F4N2O3S. The Kier molecular flexibility index (Phi) is 6.85. The molecule has 1 N–H and O–H groups in total. The lowest BCUT2D eigenvalue weighted by atomic mass is 9.98. The number of piperidine rings is 1. The summed E-state index contributed by atoms with van der Waals surface area (Å²) in [7, 11) is -4.05. The molecule has 1 atom stereocenters. The van der Waals surface area contributed by atoms with Crippen LogP contribution in [0.25, 0.3) is 0 Å². The number of amides is 1. The summed E-state index contributed by atoms with van der Waals surface area (Å²) in [4.78, 5) is 12.4. The van der Waals surface area contributed by atoms with Crippen molar-refractivity contribution in [2.45, 2.75) is 23.9 Å². The number of hydrogen-bond acceptors (Lipinski definition) is 3. The fourth-order valence-corrected chi connectivity index (χ4v) is 5.51. The maximum atomic E-state index is 13.4. The van der Waals surface area contributed by atoms with Crippen LogP contribution < -0.4 is 5.32 Å². The normalized spacial score (nSPS) is 18.1. The Hall–Kier alpha value is -1.88. The lowest BCUT2D eigenvalue weighted by Crippen LogP contribution is -2.43. The van der Waals surface area contributed by atoms with Gasteiger partial charge in [-0.25, -0.2) is 12.8 Å². The van der Waals surface area contributed by atoms with Crippen LogP contribution in [0.4, 0.5) is 23.2 Å². The van der Waals surface area contributed by atoms with E-state index in [2.05, 4.69) is 5.32 Å². The van der Waals surface area contributed by atoms with Crippen molar-refractivity contribution in [3.63, 3.8) is 0 Å². The molecule has 1 unspecified atom stereocenters. The van der Waals surface area contributed by atoms with E-state index >= 15 is 0 Å². The smallest absolute Gasteiger partial charge is 0.326 e. The molecule has 0 radical (unpaired) electrons. The summed E-state index contributed by atoms with van der Waals surface area (Å²) in [5.41, 5.74) is -1.75. The van der Waals surface area contributed by atoms with Crippen molar-refractivity contribution >= 4 is 44.8 Å². The van der Waals surface area contributed by atoms with E-state index in [1.807, 2.05) is 0 Å². The Balaban J connectivity index is 1.78. The number of benzene rings is 2. The number of nitrogens with zero attached hydrogens (tertiary/aromatic N) is 1. The minimum Gasteiger partial charge on any atom is -0.326 e. The maximum Gasteiger partial charge on any atom is 0.419 e. The van der Waals surface area contributed by atoms with Gasteiger partial charge in [0.25, 0.3) is 0 Å². The number of sulfonamides is 1. The van der Waals surface area contributed by atoms with Gasteiger partial charge in [0, 0.05) is 23.8 Å². The van der Waals surface area contributed by atoms with Crippen LogP contribution in [0.3, 0.4) is 0 Å². The topological polar surface area (TPSA) is 66.5 Å². The van der Waals surface area contributed by atoms with E-state index in [1.54, 1.807) is 0 Å². The number of hydrogen-bond donors (Lipinski definition) is 1. The zero-order valence-electron chi connectivity index (χ0n) is 15.7. The molecule has 31 heavy (non-hydrogen) atoms. The van der Waals surface area contributed by atoms with Crippen molar-refractivity contribution in [2.24, 2.45) is 5.92 Å². The summed E-state index contributed by atoms with van der Waals surface area (Å²) in [5.74, 6) is -2.95. The van der Waals surface area contributed by atoms with Crippen molar-refractivity contribution < 1.29 is 30.8 Å². The molecule has 1 amide bonds. The monoisotopic (exact) mass is 498 g/mol. The molecule has 1 aliphatic rings. The Bertz CT molecular complexity index is 1110. The van der Waals surface area contributed by atoms with Crippen LogP contribution in [0.15, 0.2) is 41.3 Å². The van der Waals surface area contributed by atoms with Gasteiger partial charge < -0.3 is 5.32 Å². The summed E-state index contributed by atoms with van der Waals surface area (Å²) >= 11 is 11.9. The van der Waals surface area contributed by atoms with Gasteiger partial charge in [0.1, 0.15) is 10.7 Å². The fourth-order valence-electron chi connectivity index (χ4n) is 3.25. The summed E-state index contributed by atoms with van der Waals surface area (Å²) in [5, 5.41) is 2.46. The van der Waals surface area contributed by atoms with E-state index in [0.29, 0.717) is 25.0 Å². The first kappa shape index (κ1) is 23.8. The predicted octanol–water partition coefficient (Wildman–Crippen LogP) is 5.19. The van der Waals surface area contributed by atoms with Gasteiger partial charge >= 0.3 is 6.18 Å². The van der Waals surface area contributed by atoms with Gasteiger partial charge in [0.15, 0.2) is 0 Å². The predicted molar refractivity (Wildman–Crippen MR) is 108 cm³/mol. The fraction of sp³-hybridized carbons (Fsp3) is 0.316. The van der Waals surface area contributed by atoms with Crippen molar-refractivity contribution in [1.82, 2.24) is 4.31 Å². The van der Waals surface area contributed by atoms with Crippen molar-refractivity contribution in [3.8, 4) is 0 Å². The zero-order chi connectivity index (χ0) is 23.0.